The Balaban J connectivity index is 1.56. The van der Waals surface area contributed by atoms with E-state index in [0.29, 0.717) is 46.4 Å². The predicted octanol–water partition coefficient (Wildman–Crippen LogP) is 4.09. The van der Waals surface area contributed by atoms with Gasteiger partial charge in [-0.25, -0.2) is 12.7 Å². The number of halogens is 2. The highest BCUT2D eigenvalue weighted by atomic mass is 35.5. The molecule has 1 saturated heterocycles. The van der Waals surface area contributed by atoms with Crippen molar-refractivity contribution >= 4 is 50.5 Å². The lowest BCUT2D eigenvalue weighted by molar-refractivity contribution is 0.0928. The quantitative estimate of drug-likeness (QED) is 0.751. The normalized spacial score (nSPS) is 16.4. The molecule has 1 amide bonds. The fraction of sp³-hybridized carbons (Fsp3) is 0.389. The Morgan fingerprint density at radius 1 is 1.19 bits per heavy atom. The topological polar surface area (TPSA) is 66.5 Å². The summed E-state index contributed by atoms with van der Waals surface area (Å²) in [6, 6.07) is 8.56. The molecule has 1 fully saturated rings. The third-order valence-corrected chi connectivity index (χ3v) is 8.07. The van der Waals surface area contributed by atoms with Gasteiger partial charge >= 0.3 is 0 Å². The van der Waals surface area contributed by atoms with Gasteiger partial charge in [0.1, 0.15) is 0 Å². The number of nitrogens with one attached hydrogen (secondary N) is 1. The highest BCUT2D eigenvalue weighted by molar-refractivity contribution is 7.88. The van der Waals surface area contributed by atoms with Gasteiger partial charge in [0.2, 0.25) is 10.0 Å². The molecule has 2 aromatic rings. The molecule has 0 aliphatic carbocycles. The molecule has 9 heteroatoms. The zero-order chi connectivity index (χ0) is 19.6. The van der Waals surface area contributed by atoms with Crippen molar-refractivity contribution in [2.75, 3.05) is 13.1 Å². The fourth-order valence-electron chi connectivity index (χ4n) is 3.02. The van der Waals surface area contributed by atoms with Gasteiger partial charge in [0, 0.05) is 24.0 Å². The van der Waals surface area contributed by atoms with Gasteiger partial charge in [-0.2, -0.15) is 0 Å². The van der Waals surface area contributed by atoms with Crippen molar-refractivity contribution in [3.8, 4) is 0 Å². The zero-order valence-electron chi connectivity index (χ0n) is 14.7. The number of benzene rings is 1. The Labute approximate surface area is 173 Å². The lowest BCUT2D eigenvalue weighted by Gasteiger charge is -2.31. The van der Waals surface area contributed by atoms with E-state index in [-0.39, 0.29) is 17.7 Å². The first kappa shape index (κ1) is 20.6. The van der Waals surface area contributed by atoms with E-state index < -0.39 is 10.0 Å². The van der Waals surface area contributed by atoms with Crippen molar-refractivity contribution in [1.82, 2.24) is 9.62 Å². The summed E-state index contributed by atoms with van der Waals surface area (Å²) in [6.07, 6.45) is 1.19. The molecule has 1 aliphatic rings. The Morgan fingerprint density at radius 3 is 2.48 bits per heavy atom. The summed E-state index contributed by atoms with van der Waals surface area (Å²) in [5.74, 6) is -0.208. The number of nitrogens with zero attached hydrogens (tertiary/aromatic N) is 1. The molecule has 2 heterocycles. The molecular weight excluding hydrogens is 427 g/mol. The second-order valence-corrected chi connectivity index (χ2v) is 10.6. The van der Waals surface area contributed by atoms with E-state index in [1.807, 2.05) is 19.1 Å². The molecule has 0 unspecified atom stereocenters. The van der Waals surface area contributed by atoms with Crippen LogP contribution in [-0.2, 0) is 15.8 Å². The zero-order valence-corrected chi connectivity index (χ0v) is 17.9. The molecule has 27 heavy (non-hydrogen) atoms. The Bertz CT molecular complexity index is 936. The lowest BCUT2D eigenvalue weighted by Crippen LogP contribution is -2.46. The van der Waals surface area contributed by atoms with Crippen LogP contribution >= 0.6 is 34.5 Å². The number of piperidine rings is 1. The lowest BCUT2D eigenvalue weighted by atomic mass is 10.1. The minimum atomic E-state index is -3.45. The van der Waals surface area contributed by atoms with Crippen LogP contribution in [0.4, 0.5) is 0 Å². The number of rotatable bonds is 5. The van der Waals surface area contributed by atoms with E-state index >= 15 is 0 Å². The van der Waals surface area contributed by atoms with Gasteiger partial charge < -0.3 is 5.32 Å². The standard InChI is InChI=1S/C18H20Cl2N2O3S2/c1-12-2-5-17(26-12)18(23)21-14-6-8-22(9-7-14)27(24,25)11-13-3-4-15(19)16(20)10-13/h2-5,10,14H,6-9,11H2,1H3,(H,21,23). The third-order valence-electron chi connectivity index (χ3n) is 4.48. The molecule has 0 spiro atoms. The van der Waals surface area contributed by atoms with Crippen LogP contribution in [0.1, 0.15) is 33.0 Å². The molecule has 0 bridgehead atoms. The minimum Gasteiger partial charge on any atom is -0.349 e. The van der Waals surface area contributed by atoms with E-state index in [2.05, 4.69) is 5.32 Å². The van der Waals surface area contributed by atoms with Gasteiger partial charge in [0.25, 0.3) is 5.91 Å². The molecule has 0 atom stereocenters. The molecule has 1 aromatic carbocycles. The summed E-state index contributed by atoms with van der Waals surface area (Å²) in [5.41, 5.74) is 0.605. The average Bonchev–Trinajstić information content (AvgIpc) is 3.05. The highest BCUT2D eigenvalue weighted by Gasteiger charge is 2.29. The Morgan fingerprint density at radius 2 is 1.89 bits per heavy atom. The van der Waals surface area contributed by atoms with Gasteiger partial charge in [-0.3, -0.25) is 4.79 Å². The number of hydrogen-bond acceptors (Lipinski definition) is 4. The summed E-state index contributed by atoms with van der Waals surface area (Å²) in [5, 5.41) is 3.74. The van der Waals surface area contributed by atoms with Gasteiger partial charge in [0.15, 0.2) is 0 Å². The molecule has 3 rings (SSSR count). The summed E-state index contributed by atoms with van der Waals surface area (Å²) < 4.78 is 26.8. The van der Waals surface area contributed by atoms with Crippen LogP contribution in [0, 0.1) is 6.92 Å². The Kier molecular flexibility index (Phi) is 6.48. The molecule has 0 saturated carbocycles. The first-order valence-corrected chi connectivity index (χ1v) is 11.7. The minimum absolute atomic E-state index is 0.0173. The number of carbonyl (C=O) groups is 1. The van der Waals surface area contributed by atoms with Crippen molar-refractivity contribution in [2.24, 2.45) is 0 Å². The summed E-state index contributed by atoms with van der Waals surface area (Å²) >= 11 is 13.3. The van der Waals surface area contributed by atoms with Crippen LogP contribution in [-0.4, -0.2) is 37.8 Å². The van der Waals surface area contributed by atoms with E-state index in [4.69, 9.17) is 23.2 Å². The van der Waals surface area contributed by atoms with Crippen LogP contribution in [0.15, 0.2) is 30.3 Å². The molecule has 1 aliphatic heterocycles. The maximum Gasteiger partial charge on any atom is 0.261 e. The van der Waals surface area contributed by atoms with Crippen LogP contribution in [0.3, 0.4) is 0 Å². The molecule has 1 N–H and O–H groups in total. The van der Waals surface area contributed by atoms with Crippen LogP contribution in [0.25, 0.3) is 0 Å². The van der Waals surface area contributed by atoms with E-state index in [1.54, 1.807) is 18.2 Å². The van der Waals surface area contributed by atoms with Gasteiger partial charge in [-0.05, 0) is 49.6 Å². The summed E-state index contributed by atoms with van der Waals surface area (Å²) in [4.78, 5) is 14.0. The van der Waals surface area contributed by atoms with Crippen molar-refractivity contribution in [3.05, 3.63) is 55.7 Å². The number of sulfonamides is 1. The number of carbonyl (C=O) groups excluding carboxylic acids is 1. The average molecular weight is 447 g/mol. The van der Waals surface area contributed by atoms with Gasteiger partial charge in [-0.1, -0.05) is 29.3 Å². The molecule has 0 radical (unpaired) electrons. The first-order valence-electron chi connectivity index (χ1n) is 8.53. The van der Waals surface area contributed by atoms with Crippen molar-refractivity contribution in [2.45, 2.75) is 31.6 Å². The van der Waals surface area contributed by atoms with E-state index in [0.717, 1.165) is 4.88 Å². The van der Waals surface area contributed by atoms with Crippen LogP contribution in [0.2, 0.25) is 10.0 Å². The summed E-state index contributed by atoms with van der Waals surface area (Å²) in [7, 11) is -3.45. The molecular formula is C18H20Cl2N2O3S2. The van der Waals surface area contributed by atoms with Gasteiger partial charge in [-0.15, -0.1) is 11.3 Å². The Hall–Kier alpha value is -1.12. The van der Waals surface area contributed by atoms with Crippen LogP contribution in [0.5, 0.6) is 0 Å². The molecule has 5 nitrogen and oxygen atoms in total. The smallest absolute Gasteiger partial charge is 0.261 e. The maximum atomic E-state index is 12.7. The van der Waals surface area contributed by atoms with Gasteiger partial charge in [0.05, 0.1) is 20.7 Å². The largest absolute Gasteiger partial charge is 0.349 e. The third kappa shape index (κ3) is 5.23. The number of amides is 1. The molecule has 146 valence electrons. The molecule has 1 aromatic heterocycles. The first-order chi connectivity index (χ1) is 12.7. The monoisotopic (exact) mass is 446 g/mol. The van der Waals surface area contributed by atoms with E-state index in [1.165, 1.54) is 15.6 Å². The van der Waals surface area contributed by atoms with Crippen molar-refractivity contribution in [1.29, 1.82) is 0 Å². The summed E-state index contributed by atoms with van der Waals surface area (Å²) in [6.45, 7) is 2.73. The van der Waals surface area contributed by atoms with E-state index in [9.17, 15) is 13.2 Å². The SMILES string of the molecule is Cc1ccc(C(=O)NC2CCN(S(=O)(=O)Cc3ccc(Cl)c(Cl)c3)CC2)s1. The van der Waals surface area contributed by atoms with Crippen molar-refractivity contribution < 1.29 is 13.2 Å². The van der Waals surface area contributed by atoms with Crippen LogP contribution < -0.4 is 5.32 Å². The number of aryl methyl sites for hydroxylation is 1. The number of thiophene rings is 1. The number of hydrogen-bond donors (Lipinski definition) is 1. The predicted molar refractivity (Wildman–Crippen MR) is 110 cm³/mol. The highest BCUT2D eigenvalue weighted by Crippen LogP contribution is 2.25. The second-order valence-electron chi connectivity index (χ2n) is 6.56. The fourth-order valence-corrected chi connectivity index (χ4v) is 5.66. The van der Waals surface area contributed by atoms with Crippen molar-refractivity contribution in [3.63, 3.8) is 0 Å². The maximum absolute atomic E-state index is 12.7. The second kappa shape index (κ2) is 8.49.